The number of pyridine rings is 1. The van der Waals surface area contributed by atoms with Gasteiger partial charge in [-0.05, 0) is 22.6 Å². The number of esters is 1. The summed E-state index contributed by atoms with van der Waals surface area (Å²) >= 11 is 7.45. The molecule has 16 heavy (non-hydrogen) atoms. The Hall–Kier alpha value is -0.500. The third-order valence-corrected chi connectivity index (χ3v) is 3.11. The number of methoxy groups -OCH3 is 1. The van der Waals surface area contributed by atoms with E-state index in [0.29, 0.717) is 3.70 Å². The Morgan fingerprint density at radius 2 is 2.31 bits per heavy atom. The van der Waals surface area contributed by atoms with E-state index in [1.807, 2.05) is 22.6 Å². The summed E-state index contributed by atoms with van der Waals surface area (Å²) in [7, 11) is 1.13. The highest BCUT2D eigenvalue weighted by molar-refractivity contribution is 14.1. The Labute approximate surface area is 109 Å². The van der Waals surface area contributed by atoms with Crippen LogP contribution in [-0.2, 0) is 10.6 Å². The van der Waals surface area contributed by atoms with E-state index in [9.17, 15) is 13.6 Å². The van der Waals surface area contributed by atoms with Gasteiger partial charge in [-0.3, -0.25) is 0 Å². The van der Waals surface area contributed by atoms with Gasteiger partial charge in [0.2, 0.25) is 0 Å². The number of ether oxygens (including phenoxy) is 1. The normalized spacial score (nSPS) is 10.6. The largest absolute Gasteiger partial charge is 0.465 e. The number of rotatable bonds is 3. The maximum Gasteiger partial charge on any atom is 0.338 e. The first kappa shape index (κ1) is 13.6. The first-order valence-corrected chi connectivity index (χ1v) is 5.74. The van der Waals surface area contributed by atoms with Gasteiger partial charge in [-0.15, -0.1) is 11.6 Å². The van der Waals surface area contributed by atoms with Gasteiger partial charge < -0.3 is 4.74 Å². The third-order valence-electron chi connectivity index (χ3n) is 1.91. The maximum absolute atomic E-state index is 12.7. The first-order chi connectivity index (χ1) is 7.52. The van der Waals surface area contributed by atoms with E-state index in [4.69, 9.17) is 11.6 Å². The van der Waals surface area contributed by atoms with Crippen LogP contribution in [0.25, 0.3) is 0 Å². The van der Waals surface area contributed by atoms with Gasteiger partial charge in [0.15, 0.2) is 0 Å². The lowest BCUT2D eigenvalue weighted by molar-refractivity contribution is 0.0587. The fraction of sp³-hybridized carbons (Fsp3) is 0.333. The van der Waals surface area contributed by atoms with Crippen molar-refractivity contribution in [1.82, 2.24) is 4.98 Å². The number of hydrogen-bond acceptors (Lipinski definition) is 3. The summed E-state index contributed by atoms with van der Waals surface area (Å²) in [6.45, 7) is 0. The third kappa shape index (κ3) is 2.60. The SMILES string of the molecule is COC(=O)c1c(C(F)F)cnc(I)c1CCl. The molecule has 1 rings (SSSR count). The second-order valence-corrected chi connectivity index (χ2v) is 4.07. The molecule has 88 valence electrons. The van der Waals surface area contributed by atoms with Gasteiger partial charge in [-0.2, -0.15) is 0 Å². The smallest absolute Gasteiger partial charge is 0.338 e. The molecule has 0 N–H and O–H groups in total. The van der Waals surface area contributed by atoms with Crippen molar-refractivity contribution in [3.8, 4) is 0 Å². The van der Waals surface area contributed by atoms with Gasteiger partial charge in [0.1, 0.15) is 3.70 Å². The maximum atomic E-state index is 12.7. The average molecular weight is 362 g/mol. The van der Waals surface area contributed by atoms with Gasteiger partial charge >= 0.3 is 5.97 Å². The van der Waals surface area contributed by atoms with Crippen LogP contribution in [0.2, 0.25) is 0 Å². The molecule has 0 bridgehead atoms. The number of carbonyl (C=O) groups is 1. The molecular weight excluding hydrogens is 354 g/mol. The van der Waals surface area contributed by atoms with E-state index in [-0.39, 0.29) is 17.0 Å². The molecule has 0 aliphatic heterocycles. The second kappa shape index (κ2) is 5.72. The Balaban J connectivity index is 3.47. The summed E-state index contributed by atoms with van der Waals surface area (Å²) < 4.78 is 30.2. The topological polar surface area (TPSA) is 39.2 Å². The molecule has 0 unspecified atom stereocenters. The molecular formula is C9H7ClF2INO2. The molecule has 1 heterocycles. The number of nitrogens with zero attached hydrogens (tertiary/aromatic N) is 1. The summed E-state index contributed by atoms with van der Waals surface area (Å²) in [5, 5.41) is 0. The lowest BCUT2D eigenvalue weighted by atomic mass is 10.1. The van der Waals surface area contributed by atoms with Crippen LogP contribution in [0, 0.1) is 3.70 Å². The number of alkyl halides is 3. The van der Waals surface area contributed by atoms with Gasteiger partial charge in [-0.1, -0.05) is 0 Å². The minimum atomic E-state index is -2.79. The molecule has 0 spiro atoms. The molecule has 0 atom stereocenters. The van der Waals surface area contributed by atoms with Crippen molar-refractivity contribution in [2.45, 2.75) is 12.3 Å². The average Bonchev–Trinajstić information content (AvgIpc) is 2.27. The number of carbonyl (C=O) groups excluding carboxylic acids is 1. The van der Waals surface area contributed by atoms with E-state index in [0.717, 1.165) is 13.3 Å². The van der Waals surface area contributed by atoms with Gasteiger partial charge in [0.25, 0.3) is 6.43 Å². The summed E-state index contributed by atoms with van der Waals surface area (Å²) in [6, 6.07) is 0. The molecule has 0 saturated carbocycles. The van der Waals surface area contributed by atoms with Crippen LogP contribution in [0.4, 0.5) is 8.78 Å². The molecule has 7 heteroatoms. The molecule has 0 amide bonds. The number of aromatic nitrogens is 1. The second-order valence-electron chi connectivity index (χ2n) is 2.78. The summed E-state index contributed by atoms with van der Waals surface area (Å²) in [5.74, 6) is -0.901. The first-order valence-electron chi connectivity index (χ1n) is 4.12. The van der Waals surface area contributed by atoms with Crippen molar-refractivity contribution in [2.75, 3.05) is 7.11 Å². The van der Waals surface area contributed by atoms with Crippen LogP contribution >= 0.6 is 34.2 Å². The lowest BCUT2D eigenvalue weighted by Crippen LogP contribution is -2.12. The predicted molar refractivity (Wildman–Crippen MR) is 62.8 cm³/mol. The Morgan fingerprint density at radius 3 is 2.75 bits per heavy atom. The predicted octanol–water partition coefficient (Wildman–Crippen LogP) is 3.15. The molecule has 0 saturated heterocycles. The minimum Gasteiger partial charge on any atom is -0.465 e. The summed E-state index contributed by atoms with van der Waals surface area (Å²) in [4.78, 5) is 15.2. The van der Waals surface area contributed by atoms with Crippen LogP contribution in [-0.4, -0.2) is 18.1 Å². The highest BCUT2D eigenvalue weighted by Gasteiger charge is 2.24. The van der Waals surface area contributed by atoms with Crippen LogP contribution < -0.4 is 0 Å². The summed E-state index contributed by atoms with van der Waals surface area (Å²) in [6.07, 6.45) is -1.82. The van der Waals surface area contributed by atoms with E-state index >= 15 is 0 Å². The quantitative estimate of drug-likeness (QED) is 0.359. The van der Waals surface area contributed by atoms with Crippen LogP contribution in [0.3, 0.4) is 0 Å². The number of halogens is 4. The van der Waals surface area contributed by atoms with Crippen molar-refractivity contribution < 1.29 is 18.3 Å². The molecule has 3 nitrogen and oxygen atoms in total. The highest BCUT2D eigenvalue weighted by Crippen LogP contribution is 2.28. The van der Waals surface area contributed by atoms with Crippen LogP contribution in [0.15, 0.2) is 6.20 Å². The van der Waals surface area contributed by atoms with Crippen molar-refractivity contribution in [1.29, 1.82) is 0 Å². The highest BCUT2D eigenvalue weighted by atomic mass is 127. The lowest BCUT2D eigenvalue weighted by Gasteiger charge is -2.11. The minimum absolute atomic E-state index is 0.0731. The fourth-order valence-corrected chi connectivity index (χ4v) is 2.26. The van der Waals surface area contributed by atoms with Crippen LogP contribution in [0.1, 0.15) is 27.9 Å². The fourth-order valence-electron chi connectivity index (χ4n) is 1.18. The van der Waals surface area contributed by atoms with Crippen molar-refractivity contribution >= 4 is 40.2 Å². The summed E-state index contributed by atoms with van der Waals surface area (Å²) in [5.41, 5.74) is -0.373. The monoisotopic (exact) mass is 361 g/mol. The molecule has 0 aromatic carbocycles. The standard InChI is InChI=1S/C9H7ClF2INO2/c1-16-9(15)6-4(2-10)8(13)14-3-5(6)7(11)12/h3,7H,2H2,1H3. The Morgan fingerprint density at radius 1 is 1.69 bits per heavy atom. The van der Waals surface area contributed by atoms with Crippen molar-refractivity contribution in [2.24, 2.45) is 0 Å². The van der Waals surface area contributed by atoms with Gasteiger partial charge in [-0.25, -0.2) is 18.6 Å². The molecule has 0 fully saturated rings. The van der Waals surface area contributed by atoms with E-state index < -0.39 is 18.0 Å². The zero-order chi connectivity index (χ0) is 12.3. The van der Waals surface area contributed by atoms with Crippen molar-refractivity contribution in [3.63, 3.8) is 0 Å². The van der Waals surface area contributed by atoms with E-state index in [1.54, 1.807) is 0 Å². The molecule has 1 aromatic rings. The molecule has 0 radical (unpaired) electrons. The Bertz CT molecular complexity index is 415. The van der Waals surface area contributed by atoms with Gasteiger partial charge in [0.05, 0.1) is 24.1 Å². The van der Waals surface area contributed by atoms with Crippen LogP contribution in [0.5, 0.6) is 0 Å². The zero-order valence-electron chi connectivity index (χ0n) is 8.14. The Kier molecular flexibility index (Phi) is 4.85. The zero-order valence-corrected chi connectivity index (χ0v) is 11.1. The van der Waals surface area contributed by atoms with E-state index in [1.165, 1.54) is 0 Å². The van der Waals surface area contributed by atoms with Gasteiger partial charge in [0, 0.05) is 11.8 Å². The van der Waals surface area contributed by atoms with E-state index in [2.05, 4.69) is 9.72 Å². The van der Waals surface area contributed by atoms with Crippen molar-refractivity contribution in [3.05, 3.63) is 26.6 Å². The number of hydrogen-bond donors (Lipinski definition) is 0. The molecule has 1 aromatic heterocycles. The molecule has 0 aliphatic carbocycles. The molecule has 0 aliphatic rings.